The van der Waals surface area contributed by atoms with Crippen LogP contribution in [0.25, 0.3) is 10.9 Å². The van der Waals surface area contributed by atoms with Crippen molar-refractivity contribution in [3.8, 4) is 0 Å². The second-order valence-electron chi connectivity index (χ2n) is 6.95. The highest BCUT2D eigenvalue weighted by molar-refractivity contribution is 6.31. The molecule has 1 aromatic heterocycles. The van der Waals surface area contributed by atoms with Gasteiger partial charge in [0.05, 0.1) is 17.2 Å². The maximum absolute atomic E-state index is 12.8. The third kappa shape index (κ3) is 2.93. The molecule has 2 aromatic rings. The Morgan fingerprint density at radius 2 is 2.12 bits per heavy atom. The molecule has 6 heteroatoms. The van der Waals surface area contributed by atoms with Gasteiger partial charge in [-0.05, 0) is 56.7 Å². The van der Waals surface area contributed by atoms with Crippen LogP contribution >= 0.6 is 11.6 Å². The fraction of sp³-hybridized carbons (Fsp3) is 0.500. The molecule has 4 rings (SSSR count). The first kappa shape index (κ1) is 15.6. The molecule has 0 bridgehead atoms. The summed E-state index contributed by atoms with van der Waals surface area (Å²) in [5.41, 5.74) is 0.379. The molecular formula is C18H20ClN3O2. The van der Waals surface area contributed by atoms with E-state index >= 15 is 0 Å². The van der Waals surface area contributed by atoms with Gasteiger partial charge in [-0.25, -0.2) is 4.98 Å². The Hall–Kier alpha value is -1.88. The second kappa shape index (κ2) is 5.88. The zero-order valence-electron chi connectivity index (χ0n) is 13.6. The second-order valence-corrected chi connectivity index (χ2v) is 7.39. The van der Waals surface area contributed by atoms with Gasteiger partial charge in [-0.2, -0.15) is 0 Å². The minimum atomic E-state index is -0.217. The predicted octanol–water partition coefficient (Wildman–Crippen LogP) is 2.84. The van der Waals surface area contributed by atoms with Crippen LogP contribution < -0.4 is 5.56 Å². The summed E-state index contributed by atoms with van der Waals surface area (Å²) in [5, 5.41) is 0.943. The minimum absolute atomic E-state index is 0.0159. The molecule has 2 aliphatic carbocycles. The van der Waals surface area contributed by atoms with Crippen molar-refractivity contribution in [2.24, 2.45) is 5.92 Å². The van der Waals surface area contributed by atoms with Crippen molar-refractivity contribution in [2.75, 3.05) is 0 Å². The smallest absolute Gasteiger partial charge is 0.261 e. The van der Waals surface area contributed by atoms with E-state index in [1.807, 2.05) is 4.90 Å². The number of nitrogens with zero attached hydrogens (tertiary/aromatic N) is 3. The van der Waals surface area contributed by atoms with Gasteiger partial charge >= 0.3 is 0 Å². The van der Waals surface area contributed by atoms with Crippen LogP contribution in [0.2, 0.25) is 5.02 Å². The molecule has 0 aliphatic heterocycles. The molecule has 1 aromatic carbocycles. The summed E-state index contributed by atoms with van der Waals surface area (Å²) in [7, 11) is 0. The molecule has 2 saturated carbocycles. The van der Waals surface area contributed by atoms with E-state index in [-0.39, 0.29) is 24.1 Å². The number of aromatic nitrogens is 2. The SMILES string of the molecule is C[C@@H](C1CC1)N(C(=O)Cn1cnc2ccc(Cl)cc2c1=O)C1CC1. The molecule has 0 unspecified atom stereocenters. The summed E-state index contributed by atoms with van der Waals surface area (Å²) >= 11 is 5.98. The third-order valence-electron chi connectivity index (χ3n) is 5.06. The summed E-state index contributed by atoms with van der Waals surface area (Å²) in [5.74, 6) is 0.641. The highest BCUT2D eigenvalue weighted by Crippen LogP contribution is 2.39. The molecule has 126 valence electrons. The molecule has 0 N–H and O–H groups in total. The Morgan fingerprint density at radius 1 is 1.38 bits per heavy atom. The molecule has 24 heavy (non-hydrogen) atoms. The molecule has 1 heterocycles. The van der Waals surface area contributed by atoms with Gasteiger partial charge in [-0.3, -0.25) is 14.2 Å². The molecule has 1 amide bonds. The zero-order valence-corrected chi connectivity index (χ0v) is 14.4. The van der Waals surface area contributed by atoms with Gasteiger partial charge in [0.2, 0.25) is 5.91 Å². The molecule has 0 saturated heterocycles. The number of halogens is 1. The molecular weight excluding hydrogens is 326 g/mol. The van der Waals surface area contributed by atoms with Crippen molar-refractivity contribution >= 4 is 28.4 Å². The highest BCUT2D eigenvalue weighted by Gasteiger charge is 2.41. The first-order valence-electron chi connectivity index (χ1n) is 8.50. The standard InChI is InChI=1S/C18H20ClN3O2/c1-11(12-2-3-12)22(14-5-6-14)17(23)9-21-10-20-16-7-4-13(19)8-15(16)18(21)24/h4,7-8,10-12,14H,2-3,5-6,9H2,1H3/t11-/m0/s1. The molecule has 2 aliphatic rings. The number of benzene rings is 1. The van der Waals surface area contributed by atoms with Crippen molar-refractivity contribution in [3.63, 3.8) is 0 Å². The lowest BCUT2D eigenvalue weighted by atomic mass is 10.1. The lowest BCUT2D eigenvalue weighted by Gasteiger charge is -2.29. The largest absolute Gasteiger partial charge is 0.335 e. The van der Waals surface area contributed by atoms with E-state index in [4.69, 9.17) is 11.6 Å². The molecule has 0 radical (unpaired) electrons. The average molecular weight is 346 g/mol. The number of rotatable bonds is 5. The van der Waals surface area contributed by atoms with Crippen LogP contribution in [0.15, 0.2) is 29.3 Å². The number of amides is 1. The van der Waals surface area contributed by atoms with Gasteiger partial charge in [-0.15, -0.1) is 0 Å². The van der Waals surface area contributed by atoms with Crippen molar-refractivity contribution in [2.45, 2.75) is 51.2 Å². The Kier molecular flexibility index (Phi) is 3.83. The summed E-state index contributed by atoms with van der Waals surface area (Å²) < 4.78 is 1.40. The average Bonchev–Trinajstić information content (AvgIpc) is 3.44. The number of hydrogen-bond donors (Lipinski definition) is 0. The maximum atomic E-state index is 12.8. The number of fused-ring (bicyclic) bond motifs is 1. The van der Waals surface area contributed by atoms with E-state index in [0.717, 1.165) is 12.8 Å². The first-order chi connectivity index (χ1) is 11.5. The Labute approximate surface area is 145 Å². The fourth-order valence-electron chi connectivity index (χ4n) is 3.39. The van der Waals surface area contributed by atoms with Gasteiger partial charge in [-0.1, -0.05) is 11.6 Å². The van der Waals surface area contributed by atoms with E-state index in [0.29, 0.717) is 27.9 Å². The van der Waals surface area contributed by atoms with Crippen molar-refractivity contribution in [1.29, 1.82) is 0 Å². The molecule has 1 atom stereocenters. The van der Waals surface area contributed by atoms with Gasteiger partial charge in [0.15, 0.2) is 0 Å². The summed E-state index contributed by atoms with van der Waals surface area (Å²) in [6.45, 7) is 2.18. The van der Waals surface area contributed by atoms with Crippen LogP contribution in [0.1, 0.15) is 32.6 Å². The molecule has 2 fully saturated rings. The van der Waals surface area contributed by atoms with Crippen LogP contribution in [0.5, 0.6) is 0 Å². The summed E-state index contributed by atoms with van der Waals surface area (Å²) in [4.78, 5) is 31.8. The van der Waals surface area contributed by atoms with Crippen LogP contribution in [0, 0.1) is 5.92 Å². The Balaban J connectivity index is 1.62. The quantitative estimate of drug-likeness (QED) is 0.837. The Bertz CT molecular complexity index is 855. The lowest BCUT2D eigenvalue weighted by molar-refractivity contribution is -0.135. The highest BCUT2D eigenvalue weighted by atomic mass is 35.5. The van der Waals surface area contributed by atoms with Crippen LogP contribution in [0.4, 0.5) is 0 Å². The van der Waals surface area contributed by atoms with Crippen LogP contribution in [-0.4, -0.2) is 32.4 Å². The zero-order chi connectivity index (χ0) is 16.8. The van der Waals surface area contributed by atoms with E-state index in [1.165, 1.54) is 23.7 Å². The summed E-state index contributed by atoms with van der Waals surface area (Å²) in [6, 6.07) is 5.66. The predicted molar refractivity (Wildman–Crippen MR) is 93.1 cm³/mol. The Morgan fingerprint density at radius 3 is 2.79 bits per heavy atom. The van der Waals surface area contributed by atoms with Gasteiger partial charge in [0, 0.05) is 17.1 Å². The third-order valence-corrected chi connectivity index (χ3v) is 5.30. The van der Waals surface area contributed by atoms with Gasteiger partial charge in [0.1, 0.15) is 6.54 Å². The van der Waals surface area contributed by atoms with Gasteiger partial charge in [0.25, 0.3) is 5.56 Å². The lowest BCUT2D eigenvalue weighted by Crippen LogP contribution is -2.44. The first-order valence-corrected chi connectivity index (χ1v) is 8.88. The normalized spacial score (nSPS) is 18.6. The topological polar surface area (TPSA) is 55.2 Å². The van der Waals surface area contributed by atoms with Crippen molar-refractivity contribution < 1.29 is 4.79 Å². The van der Waals surface area contributed by atoms with Crippen molar-refractivity contribution in [3.05, 3.63) is 39.9 Å². The van der Waals surface area contributed by atoms with E-state index in [2.05, 4.69) is 11.9 Å². The van der Waals surface area contributed by atoms with E-state index < -0.39 is 0 Å². The van der Waals surface area contributed by atoms with E-state index in [1.54, 1.807) is 18.2 Å². The van der Waals surface area contributed by atoms with Crippen LogP contribution in [-0.2, 0) is 11.3 Å². The maximum Gasteiger partial charge on any atom is 0.261 e. The van der Waals surface area contributed by atoms with Crippen LogP contribution in [0.3, 0.4) is 0 Å². The van der Waals surface area contributed by atoms with E-state index in [9.17, 15) is 9.59 Å². The van der Waals surface area contributed by atoms with Gasteiger partial charge < -0.3 is 4.90 Å². The minimum Gasteiger partial charge on any atom is -0.335 e. The fourth-order valence-corrected chi connectivity index (χ4v) is 3.57. The molecule has 0 spiro atoms. The number of carbonyl (C=O) groups excluding carboxylic acids is 1. The van der Waals surface area contributed by atoms with Crippen molar-refractivity contribution in [1.82, 2.24) is 14.5 Å². The number of carbonyl (C=O) groups is 1. The molecule has 5 nitrogen and oxygen atoms in total. The monoisotopic (exact) mass is 345 g/mol. The summed E-state index contributed by atoms with van der Waals surface area (Å²) in [6.07, 6.45) is 6.01. The number of hydrogen-bond acceptors (Lipinski definition) is 3.